The van der Waals surface area contributed by atoms with Crippen molar-refractivity contribution in [2.45, 2.75) is 87.0 Å². The van der Waals surface area contributed by atoms with E-state index in [1.165, 1.54) is 106 Å². The Kier molecular flexibility index (Phi) is 12.3. The molecule has 4 fully saturated rings. The van der Waals surface area contributed by atoms with E-state index >= 15 is 0 Å². The molecule has 0 nitrogen and oxygen atoms in total. The molecule has 0 saturated heterocycles. The van der Waals surface area contributed by atoms with Crippen LogP contribution in [0.1, 0.15) is 87.1 Å². The van der Waals surface area contributed by atoms with Gasteiger partial charge in [-0.3, -0.25) is 6.08 Å². The first-order valence-electron chi connectivity index (χ1n) is 17.1. The van der Waals surface area contributed by atoms with Crippen molar-refractivity contribution in [3.63, 3.8) is 0 Å². The third kappa shape index (κ3) is 7.33. The van der Waals surface area contributed by atoms with Crippen LogP contribution < -0.4 is 24.8 Å². The smallest absolute Gasteiger partial charge is 0.0408 e. The van der Waals surface area contributed by atoms with Crippen molar-refractivity contribution in [3.05, 3.63) is 112 Å². The number of fused-ring (bicyclic) bond motifs is 3. The summed E-state index contributed by atoms with van der Waals surface area (Å²) in [6, 6.07) is 22.1. The van der Waals surface area contributed by atoms with Crippen LogP contribution in [0.4, 0.5) is 0 Å². The normalized spacial score (nSPS) is 26.8. The molecule has 0 heterocycles. The molecule has 0 aliphatic heterocycles. The van der Waals surface area contributed by atoms with E-state index in [-0.39, 0.29) is 24.8 Å². The van der Waals surface area contributed by atoms with Crippen LogP contribution in [0.25, 0.3) is 21.5 Å². The third-order valence-corrected chi connectivity index (χ3v) is 13.4. The van der Waals surface area contributed by atoms with E-state index in [1.807, 2.05) is 0 Å². The topological polar surface area (TPSA) is 0 Å². The molecule has 4 bridgehead atoms. The molecular formula is C43H50Cl2Zr-2. The summed E-state index contributed by atoms with van der Waals surface area (Å²) in [4.78, 5) is 0. The van der Waals surface area contributed by atoms with E-state index in [9.17, 15) is 0 Å². The fourth-order valence-electron chi connectivity index (χ4n) is 8.95. The Morgan fingerprint density at radius 3 is 1.70 bits per heavy atom. The molecule has 4 saturated carbocycles. The molecule has 4 aromatic rings. The zero-order valence-corrected chi connectivity index (χ0v) is 32.8. The van der Waals surface area contributed by atoms with Crippen LogP contribution in [0.15, 0.2) is 78.4 Å². The molecule has 0 N–H and O–H groups in total. The molecule has 242 valence electrons. The van der Waals surface area contributed by atoms with Crippen molar-refractivity contribution in [1.82, 2.24) is 0 Å². The van der Waals surface area contributed by atoms with Gasteiger partial charge in [0.15, 0.2) is 0 Å². The van der Waals surface area contributed by atoms with Gasteiger partial charge >= 0.3 is 76.7 Å². The summed E-state index contributed by atoms with van der Waals surface area (Å²) < 4.78 is 1.55. The SMILES string of the molecule is CC1[C-]=CC(C2(C)C3CC4CC(C3)CC2C4)=C1.CC[C](=[Zr+2])c1ccccc1.Cc1cc2[cH-]c3cc(C)c(C)cc3c2cc1C.[Cl-].[Cl-]. The van der Waals surface area contributed by atoms with E-state index in [0.717, 1.165) is 23.7 Å². The summed E-state index contributed by atoms with van der Waals surface area (Å²) >= 11 is 1.54. The summed E-state index contributed by atoms with van der Waals surface area (Å²) in [6.07, 6.45) is 17.1. The first-order chi connectivity index (χ1) is 21.1. The van der Waals surface area contributed by atoms with E-state index in [2.05, 4.69) is 127 Å². The van der Waals surface area contributed by atoms with Gasteiger partial charge in [0.2, 0.25) is 0 Å². The summed E-state index contributed by atoms with van der Waals surface area (Å²) in [6.45, 7) is 15.8. The first-order valence-corrected chi connectivity index (χ1v) is 18.3. The summed E-state index contributed by atoms with van der Waals surface area (Å²) in [5.41, 5.74) is 9.06. The van der Waals surface area contributed by atoms with Gasteiger partial charge in [-0.15, -0.1) is 39.7 Å². The molecule has 0 spiro atoms. The van der Waals surface area contributed by atoms with Gasteiger partial charge in [-0.25, -0.2) is 6.08 Å². The third-order valence-electron chi connectivity index (χ3n) is 11.8. The first kappa shape index (κ1) is 37.2. The molecule has 0 amide bonds. The summed E-state index contributed by atoms with van der Waals surface area (Å²) in [7, 11) is 0. The van der Waals surface area contributed by atoms with E-state index in [0.29, 0.717) is 11.3 Å². The van der Waals surface area contributed by atoms with Crippen molar-refractivity contribution < 1.29 is 49.0 Å². The van der Waals surface area contributed by atoms with Crippen LogP contribution in [-0.2, 0) is 24.2 Å². The van der Waals surface area contributed by atoms with Crippen molar-refractivity contribution in [2.75, 3.05) is 0 Å². The molecule has 1 unspecified atom stereocenters. The molecule has 3 heteroatoms. The van der Waals surface area contributed by atoms with Gasteiger partial charge in [0.05, 0.1) is 0 Å². The maximum Gasteiger partial charge on any atom is -0.0408 e. The molecule has 0 aromatic heterocycles. The molecule has 5 aliphatic rings. The number of rotatable bonds is 3. The number of hydrogen-bond donors (Lipinski definition) is 0. The number of allylic oxidation sites excluding steroid dienone is 4. The minimum atomic E-state index is 0. The predicted octanol–water partition coefficient (Wildman–Crippen LogP) is 5.50. The van der Waals surface area contributed by atoms with Crippen LogP contribution in [-0.4, -0.2) is 3.21 Å². The van der Waals surface area contributed by atoms with Gasteiger partial charge in [0, 0.05) is 0 Å². The Morgan fingerprint density at radius 1 is 0.783 bits per heavy atom. The second kappa shape index (κ2) is 15.3. The van der Waals surface area contributed by atoms with Gasteiger partial charge in [-0.05, 0) is 83.5 Å². The molecular weight excluding hydrogens is 679 g/mol. The van der Waals surface area contributed by atoms with E-state index in [1.54, 1.807) is 15.2 Å². The second-order valence-corrected chi connectivity index (χ2v) is 16.2. The monoisotopic (exact) mass is 726 g/mol. The van der Waals surface area contributed by atoms with Gasteiger partial charge in [0.25, 0.3) is 0 Å². The Labute approximate surface area is 306 Å². The molecule has 46 heavy (non-hydrogen) atoms. The number of hydrogen-bond acceptors (Lipinski definition) is 0. The van der Waals surface area contributed by atoms with Crippen molar-refractivity contribution >= 4 is 24.8 Å². The molecule has 1 atom stereocenters. The van der Waals surface area contributed by atoms with E-state index in [4.69, 9.17) is 0 Å². The quantitative estimate of drug-likeness (QED) is 0.245. The average Bonchev–Trinajstić information content (AvgIpc) is 3.60. The zero-order chi connectivity index (χ0) is 31.2. The van der Waals surface area contributed by atoms with Gasteiger partial charge < -0.3 is 24.8 Å². The minimum Gasteiger partial charge on any atom is -1.00 e. The van der Waals surface area contributed by atoms with Gasteiger partial charge in [-0.2, -0.15) is 11.6 Å². The van der Waals surface area contributed by atoms with Crippen molar-refractivity contribution in [2.24, 2.45) is 35.0 Å². The van der Waals surface area contributed by atoms with Crippen LogP contribution >= 0.6 is 0 Å². The molecule has 4 aromatic carbocycles. The maximum absolute atomic E-state index is 3.49. The van der Waals surface area contributed by atoms with Crippen molar-refractivity contribution in [3.8, 4) is 0 Å². The standard InChI is InChI=1S/C17H23.C17H17.C9H10.2ClH.Zr/c1-11-3-4-14(5-11)17(2)15-7-12-6-13(9-15)10-16(17)8-12;1-10-5-14-9-15-6-11(2)13(4)8-17(15)16(14)7-12(10)3;1-2-6-9-7-4-3-5-8-9;;;/h4-5,11-13,15-16H,6-10H2,1-2H3;5-9H,1-4H3;3-5,7-8H,2H2,1H3;2*1H;/q2*-1;;;;+2/p-2. The second-order valence-electron chi connectivity index (χ2n) is 14.7. The molecule has 0 radical (unpaired) electrons. The largest absolute Gasteiger partial charge is 1.00 e. The maximum atomic E-state index is 3.49. The molecule has 9 rings (SSSR count). The Hall–Kier alpha value is -1.66. The minimum absolute atomic E-state index is 0. The average molecular weight is 729 g/mol. The Bertz CT molecular complexity index is 1650. The van der Waals surface area contributed by atoms with Crippen LogP contribution in [0.5, 0.6) is 0 Å². The zero-order valence-electron chi connectivity index (χ0n) is 28.8. The van der Waals surface area contributed by atoms with E-state index < -0.39 is 0 Å². The number of benzene rings is 3. The number of aryl methyl sites for hydroxylation is 4. The van der Waals surface area contributed by atoms with Crippen molar-refractivity contribution in [1.29, 1.82) is 0 Å². The number of halogens is 2. The van der Waals surface area contributed by atoms with Crippen LogP contribution in [0.2, 0.25) is 0 Å². The fraction of sp³-hybridized carbons (Fsp3) is 0.442. The summed E-state index contributed by atoms with van der Waals surface area (Å²) in [5.74, 6) is 4.68. The Morgan fingerprint density at radius 2 is 1.26 bits per heavy atom. The van der Waals surface area contributed by atoms with Crippen LogP contribution in [0.3, 0.4) is 0 Å². The predicted molar refractivity (Wildman–Crippen MR) is 187 cm³/mol. The fourth-order valence-corrected chi connectivity index (χ4v) is 9.36. The summed E-state index contributed by atoms with van der Waals surface area (Å²) in [5, 5.41) is 5.53. The van der Waals surface area contributed by atoms with Gasteiger partial charge in [0.1, 0.15) is 0 Å². The van der Waals surface area contributed by atoms with Gasteiger partial charge in [-0.1, -0.05) is 59.6 Å². The van der Waals surface area contributed by atoms with Crippen LogP contribution in [0, 0.1) is 68.8 Å². The molecule has 5 aliphatic carbocycles. The Balaban J connectivity index is 0.000000159.